The molecular formula is C21H26N2O3S2. The Hall–Kier alpha value is -1.83. The van der Waals surface area contributed by atoms with Gasteiger partial charge in [0.1, 0.15) is 0 Å². The van der Waals surface area contributed by atoms with Crippen molar-refractivity contribution in [3.8, 4) is 0 Å². The van der Waals surface area contributed by atoms with E-state index >= 15 is 0 Å². The van der Waals surface area contributed by atoms with Gasteiger partial charge in [0.15, 0.2) is 0 Å². The van der Waals surface area contributed by atoms with Crippen LogP contribution in [0.15, 0.2) is 59.5 Å². The summed E-state index contributed by atoms with van der Waals surface area (Å²) in [5.41, 5.74) is 1.69. The van der Waals surface area contributed by atoms with Crippen LogP contribution >= 0.6 is 11.8 Å². The monoisotopic (exact) mass is 418 g/mol. The summed E-state index contributed by atoms with van der Waals surface area (Å²) in [4.78, 5) is 12.5. The Kier molecular flexibility index (Phi) is 7.53. The molecule has 0 radical (unpaired) electrons. The summed E-state index contributed by atoms with van der Waals surface area (Å²) in [6, 6.07) is 16.5. The molecule has 0 unspecified atom stereocenters. The van der Waals surface area contributed by atoms with Gasteiger partial charge in [0.25, 0.3) is 0 Å². The fourth-order valence-corrected chi connectivity index (χ4v) is 5.55. The second-order valence-electron chi connectivity index (χ2n) is 6.87. The number of nitrogens with zero attached hydrogens (tertiary/aromatic N) is 1. The van der Waals surface area contributed by atoms with Crippen molar-refractivity contribution in [3.63, 3.8) is 0 Å². The van der Waals surface area contributed by atoms with Gasteiger partial charge in [-0.3, -0.25) is 4.79 Å². The number of rotatable bonds is 7. The molecule has 1 fully saturated rings. The number of hydrogen-bond acceptors (Lipinski definition) is 4. The second kappa shape index (κ2) is 10.1. The Morgan fingerprint density at radius 3 is 2.39 bits per heavy atom. The summed E-state index contributed by atoms with van der Waals surface area (Å²) in [7, 11) is -3.52. The summed E-state index contributed by atoms with van der Waals surface area (Å²) in [6.07, 6.45) is 3.94. The van der Waals surface area contributed by atoms with Gasteiger partial charge in [-0.25, -0.2) is 8.42 Å². The van der Waals surface area contributed by atoms with Crippen molar-refractivity contribution in [1.82, 2.24) is 4.31 Å². The fraction of sp³-hybridized carbons (Fsp3) is 0.381. The first kappa shape index (κ1) is 20.9. The maximum atomic E-state index is 12.9. The smallest absolute Gasteiger partial charge is 0.243 e. The van der Waals surface area contributed by atoms with Gasteiger partial charge in [-0.15, -0.1) is 11.8 Å². The number of sulfonamides is 1. The lowest BCUT2D eigenvalue weighted by atomic mass is 10.2. The zero-order valence-electron chi connectivity index (χ0n) is 15.8. The number of thioether (sulfide) groups is 1. The predicted molar refractivity (Wildman–Crippen MR) is 115 cm³/mol. The molecule has 150 valence electrons. The lowest BCUT2D eigenvalue weighted by Crippen LogP contribution is -2.32. The molecule has 7 heteroatoms. The van der Waals surface area contributed by atoms with E-state index in [-0.39, 0.29) is 10.8 Å². The SMILES string of the molecule is O=C(CSCc1ccccc1)Nc1cccc(S(=O)(=O)N2CCCCCC2)c1. The Bertz CT molecular complexity index is 878. The van der Waals surface area contributed by atoms with E-state index in [1.54, 1.807) is 28.6 Å². The van der Waals surface area contributed by atoms with Crippen LogP contribution in [0.3, 0.4) is 0 Å². The van der Waals surface area contributed by atoms with Gasteiger partial charge in [-0.1, -0.05) is 49.2 Å². The van der Waals surface area contributed by atoms with Crippen LogP contribution in [0.4, 0.5) is 5.69 Å². The standard InChI is InChI=1S/C21H26N2O3S2/c24-21(17-27-16-18-9-4-3-5-10-18)22-19-11-8-12-20(15-19)28(25,26)23-13-6-1-2-7-14-23/h3-5,8-12,15H,1-2,6-7,13-14,16-17H2,(H,22,24). The van der Waals surface area contributed by atoms with Crippen molar-refractivity contribution in [1.29, 1.82) is 0 Å². The highest BCUT2D eigenvalue weighted by Gasteiger charge is 2.25. The third-order valence-electron chi connectivity index (χ3n) is 4.67. The van der Waals surface area contributed by atoms with Crippen LogP contribution in [0.5, 0.6) is 0 Å². The van der Waals surface area contributed by atoms with Gasteiger partial charge in [0.2, 0.25) is 15.9 Å². The molecule has 1 N–H and O–H groups in total. The minimum atomic E-state index is -3.52. The highest BCUT2D eigenvalue weighted by atomic mass is 32.2. The van der Waals surface area contributed by atoms with Gasteiger partial charge < -0.3 is 5.32 Å². The average Bonchev–Trinajstić information content (AvgIpc) is 2.99. The molecule has 1 aliphatic heterocycles. The normalized spacial score (nSPS) is 15.7. The Morgan fingerprint density at radius 2 is 1.68 bits per heavy atom. The Balaban J connectivity index is 1.58. The lowest BCUT2D eigenvalue weighted by molar-refractivity contribution is -0.113. The van der Waals surface area contributed by atoms with E-state index < -0.39 is 10.0 Å². The van der Waals surface area contributed by atoms with Crippen molar-refractivity contribution in [2.24, 2.45) is 0 Å². The molecule has 0 saturated carbocycles. The molecule has 28 heavy (non-hydrogen) atoms. The van der Waals surface area contributed by atoms with Crippen LogP contribution in [-0.4, -0.2) is 37.5 Å². The highest BCUT2D eigenvalue weighted by Crippen LogP contribution is 2.23. The van der Waals surface area contributed by atoms with Crippen LogP contribution in [0.1, 0.15) is 31.2 Å². The topological polar surface area (TPSA) is 66.5 Å². The number of nitrogens with one attached hydrogen (secondary N) is 1. The number of carbonyl (C=O) groups excluding carboxylic acids is 1. The van der Waals surface area contributed by atoms with Gasteiger partial charge in [-0.2, -0.15) is 4.31 Å². The summed E-state index contributed by atoms with van der Waals surface area (Å²) in [5, 5.41) is 2.81. The first-order valence-corrected chi connectivity index (χ1v) is 12.2. The van der Waals surface area contributed by atoms with E-state index in [0.717, 1.165) is 31.4 Å². The molecule has 1 heterocycles. The van der Waals surface area contributed by atoms with Gasteiger partial charge in [0.05, 0.1) is 10.6 Å². The van der Waals surface area contributed by atoms with Crippen LogP contribution in [-0.2, 0) is 20.6 Å². The maximum absolute atomic E-state index is 12.9. The molecular weight excluding hydrogens is 392 g/mol. The van der Waals surface area contributed by atoms with E-state index in [1.165, 1.54) is 17.3 Å². The Morgan fingerprint density at radius 1 is 0.964 bits per heavy atom. The molecule has 1 saturated heterocycles. The zero-order valence-corrected chi connectivity index (χ0v) is 17.5. The number of anilines is 1. The second-order valence-corrected chi connectivity index (χ2v) is 9.80. The largest absolute Gasteiger partial charge is 0.325 e. The quantitative estimate of drug-likeness (QED) is 0.734. The molecule has 2 aromatic rings. The molecule has 5 nitrogen and oxygen atoms in total. The minimum absolute atomic E-state index is 0.134. The van der Waals surface area contributed by atoms with Crippen LogP contribution in [0.25, 0.3) is 0 Å². The third-order valence-corrected chi connectivity index (χ3v) is 7.56. The highest BCUT2D eigenvalue weighted by molar-refractivity contribution is 7.99. The summed E-state index contributed by atoms with van der Waals surface area (Å²) < 4.78 is 27.4. The van der Waals surface area contributed by atoms with E-state index in [0.29, 0.717) is 24.5 Å². The van der Waals surface area contributed by atoms with E-state index in [4.69, 9.17) is 0 Å². The summed E-state index contributed by atoms with van der Waals surface area (Å²) in [6.45, 7) is 1.13. The number of amides is 1. The molecule has 1 aliphatic rings. The fourth-order valence-electron chi connectivity index (χ4n) is 3.20. The van der Waals surface area contributed by atoms with Crippen LogP contribution in [0, 0.1) is 0 Å². The molecule has 0 atom stereocenters. The molecule has 0 spiro atoms. The summed E-state index contributed by atoms with van der Waals surface area (Å²) in [5.74, 6) is 0.945. The van der Waals surface area contributed by atoms with Crippen LogP contribution in [0.2, 0.25) is 0 Å². The molecule has 0 bridgehead atoms. The molecule has 0 aliphatic carbocycles. The van der Waals surface area contributed by atoms with Crippen molar-refractivity contribution in [2.75, 3.05) is 24.2 Å². The van der Waals surface area contributed by atoms with Crippen molar-refractivity contribution < 1.29 is 13.2 Å². The van der Waals surface area contributed by atoms with Gasteiger partial charge >= 0.3 is 0 Å². The first-order chi connectivity index (χ1) is 13.6. The first-order valence-electron chi connectivity index (χ1n) is 9.57. The third kappa shape index (κ3) is 5.83. The minimum Gasteiger partial charge on any atom is -0.325 e. The van der Waals surface area contributed by atoms with Crippen molar-refractivity contribution in [3.05, 3.63) is 60.2 Å². The number of carbonyl (C=O) groups is 1. The van der Waals surface area contributed by atoms with Gasteiger partial charge in [0, 0.05) is 24.5 Å². The molecule has 3 rings (SSSR count). The number of hydrogen-bond donors (Lipinski definition) is 1. The van der Waals surface area contributed by atoms with Crippen molar-refractivity contribution >= 4 is 33.4 Å². The predicted octanol–water partition coefficient (Wildman–Crippen LogP) is 4.12. The van der Waals surface area contributed by atoms with Gasteiger partial charge in [-0.05, 0) is 36.6 Å². The molecule has 0 aromatic heterocycles. The maximum Gasteiger partial charge on any atom is 0.243 e. The average molecular weight is 419 g/mol. The van der Waals surface area contributed by atoms with E-state index in [9.17, 15) is 13.2 Å². The zero-order chi connectivity index (χ0) is 19.8. The Labute approximate surface area is 171 Å². The van der Waals surface area contributed by atoms with E-state index in [1.807, 2.05) is 30.3 Å². The lowest BCUT2D eigenvalue weighted by Gasteiger charge is -2.20. The van der Waals surface area contributed by atoms with E-state index in [2.05, 4.69) is 5.32 Å². The molecule has 1 amide bonds. The van der Waals surface area contributed by atoms with Crippen molar-refractivity contribution in [2.45, 2.75) is 36.3 Å². The van der Waals surface area contributed by atoms with Crippen LogP contribution < -0.4 is 5.32 Å². The summed E-state index contributed by atoms with van der Waals surface area (Å²) >= 11 is 1.53. The number of benzene rings is 2. The molecule has 2 aromatic carbocycles.